The molecule has 0 spiro atoms. The number of carbonyl (C=O) groups is 2. The standard InChI is InChI=1S/C20H23N3O5/c1-3-4-11-21-18-8-6-5-7-16(18)20(25)28-13-19(24)22-17-10-9-15(23(26)27)12-14(17)2/h5-10,12,21H,3-4,11,13H2,1-2H3,(H,22,24). The molecule has 2 rings (SSSR count). The molecule has 28 heavy (non-hydrogen) atoms. The van der Waals surface area contributed by atoms with E-state index in [-0.39, 0.29) is 5.69 Å². The number of nitro benzene ring substituents is 1. The lowest BCUT2D eigenvalue weighted by Gasteiger charge is -2.12. The van der Waals surface area contributed by atoms with E-state index in [2.05, 4.69) is 17.6 Å². The van der Waals surface area contributed by atoms with Crippen LogP contribution in [0.2, 0.25) is 0 Å². The van der Waals surface area contributed by atoms with E-state index in [1.807, 2.05) is 6.07 Å². The lowest BCUT2D eigenvalue weighted by Crippen LogP contribution is -2.22. The first-order valence-electron chi connectivity index (χ1n) is 8.97. The molecule has 2 aromatic carbocycles. The summed E-state index contributed by atoms with van der Waals surface area (Å²) in [5, 5.41) is 16.5. The van der Waals surface area contributed by atoms with Gasteiger partial charge in [-0.05, 0) is 37.1 Å². The largest absolute Gasteiger partial charge is 0.452 e. The van der Waals surface area contributed by atoms with Crippen molar-refractivity contribution in [2.24, 2.45) is 0 Å². The van der Waals surface area contributed by atoms with Gasteiger partial charge in [0.25, 0.3) is 11.6 Å². The van der Waals surface area contributed by atoms with Crippen molar-refractivity contribution in [3.05, 3.63) is 63.7 Å². The summed E-state index contributed by atoms with van der Waals surface area (Å²) in [4.78, 5) is 34.7. The second-order valence-corrected chi connectivity index (χ2v) is 6.21. The maximum Gasteiger partial charge on any atom is 0.340 e. The Bertz CT molecular complexity index is 867. The smallest absolute Gasteiger partial charge is 0.340 e. The van der Waals surface area contributed by atoms with Crippen LogP contribution in [0.25, 0.3) is 0 Å². The third-order valence-corrected chi connectivity index (χ3v) is 4.02. The first kappa shape index (κ1) is 20.9. The van der Waals surface area contributed by atoms with E-state index in [4.69, 9.17) is 4.74 Å². The number of aryl methyl sites for hydroxylation is 1. The van der Waals surface area contributed by atoms with E-state index in [1.165, 1.54) is 18.2 Å². The number of nitrogens with one attached hydrogen (secondary N) is 2. The average molecular weight is 385 g/mol. The lowest BCUT2D eigenvalue weighted by molar-refractivity contribution is -0.384. The van der Waals surface area contributed by atoms with Crippen LogP contribution in [0, 0.1) is 17.0 Å². The number of esters is 1. The molecule has 0 bridgehead atoms. The molecule has 0 atom stereocenters. The first-order valence-corrected chi connectivity index (χ1v) is 8.97. The normalized spacial score (nSPS) is 10.2. The molecule has 1 amide bonds. The van der Waals surface area contributed by atoms with Gasteiger partial charge in [-0.1, -0.05) is 25.5 Å². The number of amides is 1. The van der Waals surface area contributed by atoms with Crippen LogP contribution in [-0.4, -0.2) is 30.0 Å². The molecule has 0 aromatic heterocycles. The van der Waals surface area contributed by atoms with Crippen LogP contribution in [0.5, 0.6) is 0 Å². The molecule has 0 heterocycles. The SMILES string of the molecule is CCCCNc1ccccc1C(=O)OCC(=O)Nc1ccc([N+](=O)[O-])cc1C. The first-order chi connectivity index (χ1) is 13.4. The summed E-state index contributed by atoms with van der Waals surface area (Å²) in [7, 11) is 0. The van der Waals surface area contributed by atoms with Gasteiger partial charge in [-0.15, -0.1) is 0 Å². The number of nitrogens with zero attached hydrogens (tertiary/aromatic N) is 1. The van der Waals surface area contributed by atoms with E-state index in [0.717, 1.165) is 19.4 Å². The predicted octanol–water partition coefficient (Wildman–Crippen LogP) is 3.91. The van der Waals surface area contributed by atoms with E-state index >= 15 is 0 Å². The number of unbranched alkanes of at least 4 members (excludes halogenated alkanes) is 1. The Hall–Kier alpha value is -3.42. The van der Waals surface area contributed by atoms with Gasteiger partial charge in [0.15, 0.2) is 6.61 Å². The fourth-order valence-electron chi connectivity index (χ4n) is 2.51. The number of benzene rings is 2. The zero-order valence-corrected chi connectivity index (χ0v) is 15.9. The van der Waals surface area contributed by atoms with Crippen molar-refractivity contribution >= 4 is 28.9 Å². The van der Waals surface area contributed by atoms with Crippen molar-refractivity contribution < 1.29 is 19.2 Å². The van der Waals surface area contributed by atoms with Gasteiger partial charge in [-0.25, -0.2) is 4.79 Å². The predicted molar refractivity (Wildman–Crippen MR) is 107 cm³/mol. The highest BCUT2D eigenvalue weighted by molar-refractivity contribution is 5.98. The Labute approximate surface area is 163 Å². The summed E-state index contributed by atoms with van der Waals surface area (Å²) in [6.45, 7) is 4.00. The summed E-state index contributed by atoms with van der Waals surface area (Å²) in [5.41, 5.74) is 1.92. The molecule has 0 unspecified atom stereocenters. The molecule has 8 heteroatoms. The summed E-state index contributed by atoms with van der Waals surface area (Å²) in [6.07, 6.45) is 2.00. The molecular weight excluding hydrogens is 362 g/mol. The Morgan fingerprint density at radius 2 is 1.89 bits per heavy atom. The molecule has 0 aliphatic carbocycles. The molecule has 2 N–H and O–H groups in total. The number of hydrogen-bond acceptors (Lipinski definition) is 6. The van der Waals surface area contributed by atoms with Crippen molar-refractivity contribution in [2.75, 3.05) is 23.8 Å². The monoisotopic (exact) mass is 385 g/mol. The van der Waals surface area contributed by atoms with Gasteiger partial charge in [-0.3, -0.25) is 14.9 Å². The third kappa shape index (κ3) is 5.80. The molecule has 0 saturated carbocycles. The molecule has 0 radical (unpaired) electrons. The fourth-order valence-corrected chi connectivity index (χ4v) is 2.51. The van der Waals surface area contributed by atoms with E-state index in [0.29, 0.717) is 22.5 Å². The number of rotatable bonds is 9. The molecule has 2 aromatic rings. The molecule has 0 saturated heterocycles. The van der Waals surface area contributed by atoms with Crippen LogP contribution >= 0.6 is 0 Å². The lowest BCUT2D eigenvalue weighted by atomic mass is 10.1. The molecule has 148 valence electrons. The topological polar surface area (TPSA) is 111 Å². The van der Waals surface area contributed by atoms with Crippen LogP contribution in [0.1, 0.15) is 35.7 Å². The number of para-hydroxylation sites is 1. The molecule has 0 fully saturated rings. The zero-order valence-electron chi connectivity index (χ0n) is 15.9. The molecular formula is C20H23N3O5. The van der Waals surface area contributed by atoms with Crippen LogP contribution in [-0.2, 0) is 9.53 Å². The minimum absolute atomic E-state index is 0.0610. The van der Waals surface area contributed by atoms with Gasteiger partial charge >= 0.3 is 5.97 Å². The Kier molecular flexibility index (Phi) is 7.50. The highest BCUT2D eigenvalue weighted by Crippen LogP contribution is 2.21. The molecule has 8 nitrogen and oxygen atoms in total. The molecule has 0 aliphatic rings. The van der Waals surface area contributed by atoms with E-state index < -0.39 is 23.4 Å². The number of nitro groups is 1. The van der Waals surface area contributed by atoms with Crippen LogP contribution in [0.4, 0.5) is 17.1 Å². The van der Waals surface area contributed by atoms with Crippen molar-refractivity contribution in [3.8, 4) is 0 Å². The third-order valence-electron chi connectivity index (χ3n) is 4.02. The highest BCUT2D eigenvalue weighted by atomic mass is 16.6. The Balaban J connectivity index is 1.94. The number of carbonyl (C=O) groups excluding carboxylic acids is 2. The summed E-state index contributed by atoms with van der Waals surface area (Å²) >= 11 is 0. The minimum Gasteiger partial charge on any atom is -0.452 e. The maximum atomic E-state index is 12.3. The van der Waals surface area contributed by atoms with E-state index in [1.54, 1.807) is 25.1 Å². The van der Waals surface area contributed by atoms with Crippen LogP contribution in [0.15, 0.2) is 42.5 Å². The summed E-state index contributed by atoms with van der Waals surface area (Å²) in [6, 6.07) is 11.1. The number of ether oxygens (including phenoxy) is 1. The Morgan fingerprint density at radius 1 is 1.14 bits per heavy atom. The summed E-state index contributed by atoms with van der Waals surface area (Å²) < 4.78 is 5.11. The van der Waals surface area contributed by atoms with Gasteiger partial charge in [0.05, 0.1) is 10.5 Å². The second-order valence-electron chi connectivity index (χ2n) is 6.21. The quantitative estimate of drug-likeness (QED) is 0.293. The summed E-state index contributed by atoms with van der Waals surface area (Å²) in [5.74, 6) is -1.13. The average Bonchev–Trinajstić information content (AvgIpc) is 2.68. The zero-order chi connectivity index (χ0) is 20.5. The van der Waals surface area contributed by atoms with Gasteiger partial charge in [0, 0.05) is 30.1 Å². The van der Waals surface area contributed by atoms with Crippen molar-refractivity contribution in [3.63, 3.8) is 0 Å². The molecule has 0 aliphatic heterocycles. The van der Waals surface area contributed by atoms with Crippen molar-refractivity contribution in [2.45, 2.75) is 26.7 Å². The minimum atomic E-state index is -0.602. The van der Waals surface area contributed by atoms with Crippen LogP contribution < -0.4 is 10.6 Å². The Morgan fingerprint density at radius 3 is 2.57 bits per heavy atom. The number of non-ortho nitro benzene ring substituents is 1. The van der Waals surface area contributed by atoms with Crippen molar-refractivity contribution in [1.82, 2.24) is 0 Å². The van der Waals surface area contributed by atoms with Gasteiger partial charge in [0.1, 0.15) is 0 Å². The van der Waals surface area contributed by atoms with E-state index in [9.17, 15) is 19.7 Å². The van der Waals surface area contributed by atoms with Crippen LogP contribution in [0.3, 0.4) is 0 Å². The van der Waals surface area contributed by atoms with Gasteiger partial charge in [0.2, 0.25) is 0 Å². The maximum absolute atomic E-state index is 12.3. The number of anilines is 2. The highest BCUT2D eigenvalue weighted by Gasteiger charge is 2.15. The van der Waals surface area contributed by atoms with Gasteiger partial charge < -0.3 is 15.4 Å². The number of hydrogen-bond donors (Lipinski definition) is 2. The fraction of sp³-hybridized carbons (Fsp3) is 0.300. The second kappa shape index (κ2) is 10.1. The van der Waals surface area contributed by atoms with Gasteiger partial charge in [-0.2, -0.15) is 0 Å². The van der Waals surface area contributed by atoms with Crippen molar-refractivity contribution in [1.29, 1.82) is 0 Å².